The van der Waals surface area contributed by atoms with E-state index in [0.717, 1.165) is 18.7 Å². The second-order valence-electron chi connectivity index (χ2n) is 4.74. The van der Waals surface area contributed by atoms with E-state index in [1.165, 1.54) is 0 Å². The molecule has 0 aromatic heterocycles. The summed E-state index contributed by atoms with van der Waals surface area (Å²) < 4.78 is 0. The summed E-state index contributed by atoms with van der Waals surface area (Å²) in [5.41, 5.74) is 7.64. The highest BCUT2D eigenvalue weighted by Gasteiger charge is 2.07. The largest absolute Gasteiger partial charge is 0.370 e. The molecule has 0 aliphatic carbocycles. The lowest BCUT2D eigenvalue weighted by molar-refractivity contribution is 0.0827. The van der Waals surface area contributed by atoms with Crippen molar-refractivity contribution in [3.8, 4) is 0 Å². The first-order chi connectivity index (χ1) is 9.49. The maximum Gasteiger partial charge on any atom is 0.253 e. The van der Waals surface area contributed by atoms with E-state index in [-0.39, 0.29) is 5.91 Å². The lowest BCUT2D eigenvalue weighted by atomic mass is 10.1. The van der Waals surface area contributed by atoms with Crippen molar-refractivity contribution in [1.82, 2.24) is 9.80 Å². The summed E-state index contributed by atoms with van der Waals surface area (Å²) in [5.74, 6) is 0.561. The Morgan fingerprint density at radius 2 is 1.70 bits per heavy atom. The first kappa shape index (κ1) is 16.0. The Balaban J connectivity index is 2.71. The van der Waals surface area contributed by atoms with Crippen molar-refractivity contribution in [3.63, 3.8) is 0 Å². The monoisotopic (exact) mass is 276 g/mol. The van der Waals surface area contributed by atoms with Gasteiger partial charge in [-0.3, -0.25) is 4.79 Å². The molecule has 110 valence electrons. The van der Waals surface area contributed by atoms with Gasteiger partial charge in [0.05, 0.1) is 6.54 Å². The van der Waals surface area contributed by atoms with Gasteiger partial charge in [0.15, 0.2) is 5.96 Å². The number of nitrogens with two attached hydrogens (primary N) is 1. The van der Waals surface area contributed by atoms with Crippen molar-refractivity contribution in [2.24, 2.45) is 10.7 Å². The van der Waals surface area contributed by atoms with Crippen LogP contribution in [0.15, 0.2) is 29.3 Å². The molecule has 0 heterocycles. The van der Waals surface area contributed by atoms with Crippen LogP contribution in [-0.4, -0.2) is 48.9 Å². The number of nitrogens with zero attached hydrogens (tertiary/aromatic N) is 3. The zero-order valence-electron chi connectivity index (χ0n) is 12.8. The van der Waals surface area contributed by atoms with Gasteiger partial charge < -0.3 is 15.5 Å². The van der Waals surface area contributed by atoms with Crippen LogP contribution in [0.5, 0.6) is 0 Å². The average Bonchev–Trinajstić information content (AvgIpc) is 2.46. The predicted molar refractivity (Wildman–Crippen MR) is 82.7 cm³/mol. The fourth-order valence-electron chi connectivity index (χ4n) is 1.83. The van der Waals surface area contributed by atoms with Crippen LogP contribution in [0.1, 0.15) is 29.8 Å². The smallest absolute Gasteiger partial charge is 0.253 e. The van der Waals surface area contributed by atoms with Crippen LogP contribution in [0.25, 0.3) is 0 Å². The summed E-state index contributed by atoms with van der Waals surface area (Å²) in [6.45, 7) is 6.32. The standard InChI is InChI=1S/C15H24N4O/c1-5-19(6-2)15(16)17-11-12-7-9-13(10-8-12)14(20)18(3)4/h7-10H,5-6,11H2,1-4H3,(H2,16,17). The molecule has 1 rings (SSSR count). The number of amides is 1. The molecule has 5 nitrogen and oxygen atoms in total. The number of carbonyl (C=O) groups excluding carboxylic acids is 1. The minimum absolute atomic E-state index is 0.00251. The average molecular weight is 276 g/mol. The molecule has 2 N–H and O–H groups in total. The molecule has 0 unspecified atom stereocenters. The van der Waals surface area contributed by atoms with Gasteiger partial charge in [-0.05, 0) is 31.5 Å². The third-order valence-corrected chi connectivity index (χ3v) is 3.12. The lowest BCUT2D eigenvalue weighted by Crippen LogP contribution is -2.37. The third-order valence-electron chi connectivity index (χ3n) is 3.12. The summed E-state index contributed by atoms with van der Waals surface area (Å²) in [5, 5.41) is 0. The lowest BCUT2D eigenvalue weighted by Gasteiger charge is -2.19. The first-order valence-electron chi connectivity index (χ1n) is 6.85. The van der Waals surface area contributed by atoms with Crippen LogP contribution in [0.4, 0.5) is 0 Å². The zero-order chi connectivity index (χ0) is 15.1. The third kappa shape index (κ3) is 4.26. The van der Waals surface area contributed by atoms with Crippen molar-refractivity contribution in [3.05, 3.63) is 35.4 Å². The second kappa shape index (κ2) is 7.53. The van der Waals surface area contributed by atoms with E-state index >= 15 is 0 Å². The van der Waals surface area contributed by atoms with Gasteiger partial charge in [-0.15, -0.1) is 0 Å². The normalized spacial score (nSPS) is 11.3. The van der Waals surface area contributed by atoms with Crippen LogP contribution < -0.4 is 5.73 Å². The molecule has 20 heavy (non-hydrogen) atoms. The van der Waals surface area contributed by atoms with Crippen molar-refractivity contribution < 1.29 is 4.79 Å². The highest BCUT2D eigenvalue weighted by molar-refractivity contribution is 5.93. The molecule has 0 aliphatic rings. The maximum absolute atomic E-state index is 11.8. The summed E-state index contributed by atoms with van der Waals surface area (Å²) >= 11 is 0. The summed E-state index contributed by atoms with van der Waals surface area (Å²) in [6.07, 6.45) is 0. The SMILES string of the molecule is CCN(CC)C(N)=NCc1ccc(C(=O)N(C)C)cc1. The molecule has 0 spiro atoms. The molecule has 0 fully saturated rings. The Morgan fingerprint density at radius 1 is 1.15 bits per heavy atom. The van der Waals surface area contributed by atoms with E-state index in [0.29, 0.717) is 18.1 Å². The molecule has 1 amide bonds. The zero-order valence-corrected chi connectivity index (χ0v) is 12.8. The fourth-order valence-corrected chi connectivity index (χ4v) is 1.83. The minimum atomic E-state index is 0.00251. The van der Waals surface area contributed by atoms with E-state index in [4.69, 9.17) is 5.73 Å². The Labute approximate surface area is 121 Å². The molecule has 1 aromatic rings. The Kier molecular flexibility index (Phi) is 6.03. The molecule has 0 saturated heterocycles. The molecule has 0 saturated carbocycles. The quantitative estimate of drug-likeness (QED) is 0.655. The van der Waals surface area contributed by atoms with Crippen LogP contribution in [0, 0.1) is 0 Å². The van der Waals surface area contributed by atoms with Gasteiger partial charge in [0.1, 0.15) is 0 Å². The number of benzene rings is 1. The van der Waals surface area contributed by atoms with Gasteiger partial charge in [-0.25, -0.2) is 4.99 Å². The highest BCUT2D eigenvalue weighted by Crippen LogP contribution is 2.07. The Hall–Kier alpha value is -2.04. The number of guanidine groups is 1. The molecule has 0 radical (unpaired) electrons. The van der Waals surface area contributed by atoms with Gasteiger partial charge in [-0.2, -0.15) is 0 Å². The predicted octanol–water partition coefficient (Wildman–Crippen LogP) is 1.54. The molecule has 0 bridgehead atoms. The highest BCUT2D eigenvalue weighted by atomic mass is 16.2. The van der Waals surface area contributed by atoms with E-state index in [9.17, 15) is 4.79 Å². The summed E-state index contributed by atoms with van der Waals surface area (Å²) in [6, 6.07) is 7.47. The molecular weight excluding hydrogens is 252 g/mol. The number of hydrogen-bond acceptors (Lipinski definition) is 2. The molecule has 0 atom stereocenters. The minimum Gasteiger partial charge on any atom is -0.370 e. The van der Waals surface area contributed by atoms with Gasteiger partial charge in [0, 0.05) is 32.7 Å². The first-order valence-corrected chi connectivity index (χ1v) is 6.85. The fraction of sp³-hybridized carbons (Fsp3) is 0.467. The summed E-state index contributed by atoms with van der Waals surface area (Å²) in [4.78, 5) is 19.7. The second-order valence-corrected chi connectivity index (χ2v) is 4.74. The maximum atomic E-state index is 11.8. The van der Waals surface area contributed by atoms with Gasteiger partial charge >= 0.3 is 0 Å². The van der Waals surface area contributed by atoms with Gasteiger partial charge in [-0.1, -0.05) is 12.1 Å². The van der Waals surface area contributed by atoms with Crippen LogP contribution in [0.3, 0.4) is 0 Å². The van der Waals surface area contributed by atoms with Crippen molar-refractivity contribution in [1.29, 1.82) is 0 Å². The topological polar surface area (TPSA) is 61.9 Å². The molecular formula is C15H24N4O. The van der Waals surface area contributed by atoms with Gasteiger partial charge in [0.25, 0.3) is 5.91 Å². The van der Waals surface area contributed by atoms with Gasteiger partial charge in [0.2, 0.25) is 0 Å². The molecule has 1 aromatic carbocycles. The van der Waals surface area contributed by atoms with E-state index < -0.39 is 0 Å². The Bertz CT molecular complexity index is 461. The number of carbonyl (C=O) groups is 1. The van der Waals surface area contributed by atoms with E-state index in [1.54, 1.807) is 19.0 Å². The van der Waals surface area contributed by atoms with E-state index in [2.05, 4.69) is 4.99 Å². The number of aliphatic imine (C=N–C) groups is 1. The number of rotatable bonds is 5. The van der Waals surface area contributed by atoms with Crippen LogP contribution >= 0.6 is 0 Å². The van der Waals surface area contributed by atoms with Crippen LogP contribution in [0.2, 0.25) is 0 Å². The molecule has 5 heteroatoms. The number of hydrogen-bond donors (Lipinski definition) is 1. The van der Waals surface area contributed by atoms with Crippen molar-refractivity contribution in [2.45, 2.75) is 20.4 Å². The van der Waals surface area contributed by atoms with Crippen molar-refractivity contribution in [2.75, 3.05) is 27.2 Å². The Morgan fingerprint density at radius 3 is 2.15 bits per heavy atom. The van der Waals surface area contributed by atoms with Crippen molar-refractivity contribution >= 4 is 11.9 Å². The molecule has 0 aliphatic heterocycles. The summed E-state index contributed by atoms with van der Waals surface area (Å²) in [7, 11) is 3.48. The van der Waals surface area contributed by atoms with Crippen LogP contribution in [-0.2, 0) is 6.54 Å². The van der Waals surface area contributed by atoms with E-state index in [1.807, 2.05) is 43.0 Å².